The van der Waals surface area contributed by atoms with Crippen molar-refractivity contribution in [3.8, 4) is 0 Å². The van der Waals surface area contributed by atoms with Gasteiger partial charge in [0.05, 0.1) is 7.11 Å². The van der Waals surface area contributed by atoms with Crippen LogP contribution in [0.15, 0.2) is 24.4 Å². The fraction of sp³-hybridized carbons (Fsp3) is 0.143. The van der Waals surface area contributed by atoms with E-state index in [2.05, 4.69) is 15.3 Å². The number of nitrogens with zero attached hydrogens (tertiary/aromatic N) is 1. The summed E-state index contributed by atoms with van der Waals surface area (Å²) in [5, 5.41) is 0. The van der Waals surface area contributed by atoms with Crippen LogP contribution in [0.5, 0.6) is 0 Å². The summed E-state index contributed by atoms with van der Waals surface area (Å²) in [4.78, 5) is 19.2. The number of carbonyl (C=O) groups excluding carboxylic acids is 1. The molecule has 0 aliphatic rings. The summed E-state index contributed by atoms with van der Waals surface area (Å²) in [6, 6.07) is 5.08. The van der Waals surface area contributed by atoms with E-state index in [1.807, 2.05) is 0 Å². The van der Waals surface area contributed by atoms with Crippen LogP contribution in [0.4, 0.5) is 0 Å². The zero-order chi connectivity index (χ0) is 8.10. The molecule has 0 fully saturated rings. The number of rotatable bonds is 2. The Labute approximate surface area is 64.2 Å². The Balaban J connectivity index is 2.69. The van der Waals surface area contributed by atoms with Gasteiger partial charge in [-0.25, -0.2) is 5.48 Å². The second-order valence-corrected chi connectivity index (χ2v) is 1.85. The highest BCUT2D eigenvalue weighted by atomic mass is 16.6. The minimum atomic E-state index is -0.340. The highest BCUT2D eigenvalue weighted by Crippen LogP contribution is 1.91. The third kappa shape index (κ3) is 2.01. The lowest BCUT2D eigenvalue weighted by molar-refractivity contribution is 0.0532. The summed E-state index contributed by atoms with van der Waals surface area (Å²) < 4.78 is 0. The van der Waals surface area contributed by atoms with Gasteiger partial charge in [-0.2, -0.15) is 0 Å². The molecule has 1 heterocycles. The Hall–Kier alpha value is -1.42. The second-order valence-electron chi connectivity index (χ2n) is 1.85. The number of hydrogen-bond acceptors (Lipinski definition) is 3. The van der Waals surface area contributed by atoms with Gasteiger partial charge in [0.1, 0.15) is 5.69 Å². The molecule has 0 saturated heterocycles. The zero-order valence-electron chi connectivity index (χ0n) is 6.07. The molecule has 1 aromatic heterocycles. The molecule has 0 aromatic carbocycles. The SMILES string of the molecule is CONC(=O)c1ccccn1. The first-order valence-corrected chi connectivity index (χ1v) is 3.09. The topological polar surface area (TPSA) is 51.2 Å². The Kier molecular flexibility index (Phi) is 2.57. The van der Waals surface area contributed by atoms with Crippen molar-refractivity contribution in [3.05, 3.63) is 30.1 Å². The molecule has 0 bridgehead atoms. The standard InChI is InChI=1S/C7H8N2O2/c1-11-9-7(10)6-4-2-3-5-8-6/h2-5H,1H3,(H,9,10). The molecule has 11 heavy (non-hydrogen) atoms. The molecule has 0 aliphatic heterocycles. The van der Waals surface area contributed by atoms with E-state index in [-0.39, 0.29) is 5.91 Å². The Morgan fingerprint density at radius 3 is 3.00 bits per heavy atom. The summed E-state index contributed by atoms with van der Waals surface area (Å²) in [5.41, 5.74) is 2.50. The van der Waals surface area contributed by atoms with Gasteiger partial charge in [0.15, 0.2) is 0 Å². The van der Waals surface area contributed by atoms with Crippen LogP contribution in [0.1, 0.15) is 10.5 Å². The van der Waals surface area contributed by atoms with Crippen molar-refractivity contribution in [1.29, 1.82) is 0 Å². The van der Waals surface area contributed by atoms with Gasteiger partial charge in [0, 0.05) is 6.20 Å². The van der Waals surface area contributed by atoms with Crippen molar-refractivity contribution in [1.82, 2.24) is 10.5 Å². The van der Waals surface area contributed by atoms with Crippen LogP contribution in [0.25, 0.3) is 0 Å². The quantitative estimate of drug-likeness (QED) is 0.623. The number of amides is 1. The third-order valence-electron chi connectivity index (χ3n) is 1.09. The molecule has 0 spiro atoms. The Morgan fingerprint density at radius 2 is 2.45 bits per heavy atom. The van der Waals surface area contributed by atoms with Gasteiger partial charge in [-0.05, 0) is 12.1 Å². The van der Waals surface area contributed by atoms with Gasteiger partial charge < -0.3 is 0 Å². The van der Waals surface area contributed by atoms with Gasteiger partial charge in [-0.1, -0.05) is 6.07 Å². The smallest absolute Gasteiger partial charge is 0.277 e. The van der Waals surface area contributed by atoms with Crippen LogP contribution in [0.3, 0.4) is 0 Å². The second kappa shape index (κ2) is 3.68. The molecule has 0 unspecified atom stereocenters. The molecular weight excluding hydrogens is 144 g/mol. The van der Waals surface area contributed by atoms with Crippen molar-refractivity contribution in [2.45, 2.75) is 0 Å². The van der Waals surface area contributed by atoms with Gasteiger partial charge in [0.25, 0.3) is 5.91 Å². The molecule has 4 heteroatoms. The molecule has 58 valence electrons. The maximum absolute atomic E-state index is 10.9. The summed E-state index contributed by atoms with van der Waals surface area (Å²) in [6.45, 7) is 0. The number of pyridine rings is 1. The maximum Gasteiger partial charge on any atom is 0.293 e. The van der Waals surface area contributed by atoms with Crippen LogP contribution in [0.2, 0.25) is 0 Å². The van der Waals surface area contributed by atoms with Crippen molar-refractivity contribution in [3.63, 3.8) is 0 Å². The predicted octanol–water partition coefficient (Wildman–Crippen LogP) is 0.373. The zero-order valence-corrected chi connectivity index (χ0v) is 6.07. The van der Waals surface area contributed by atoms with E-state index in [4.69, 9.17) is 0 Å². The highest BCUT2D eigenvalue weighted by molar-refractivity contribution is 5.91. The molecule has 0 radical (unpaired) electrons. The van der Waals surface area contributed by atoms with Crippen molar-refractivity contribution < 1.29 is 9.63 Å². The van der Waals surface area contributed by atoms with Crippen LogP contribution in [0, 0.1) is 0 Å². The van der Waals surface area contributed by atoms with Crippen LogP contribution in [-0.2, 0) is 4.84 Å². The van der Waals surface area contributed by atoms with Crippen molar-refractivity contribution in [2.24, 2.45) is 0 Å². The number of carbonyl (C=O) groups is 1. The van der Waals surface area contributed by atoms with Gasteiger partial charge in [-0.15, -0.1) is 0 Å². The summed E-state index contributed by atoms with van der Waals surface area (Å²) >= 11 is 0. The van der Waals surface area contributed by atoms with Gasteiger partial charge in [-0.3, -0.25) is 14.6 Å². The van der Waals surface area contributed by atoms with Crippen LogP contribution >= 0.6 is 0 Å². The summed E-state index contributed by atoms with van der Waals surface area (Å²) in [6.07, 6.45) is 1.55. The van der Waals surface area contributed by atoms with E-state index in [1.54, 1.807) is 24.4 Å². The van der Waals surface area contributed by atoms with E-state index < -0.39 is 0 Å². The first-order chi connectivity index (χ1) is 5.34. The van der Waals surface area contributed by atoms with E-state index in [9.17, 15) is 4.79 Å². The normalized spacial score (nSPS) is 9.18. The van der Waals surface area contributed by atoms with Crippen LogP contribution < -0.4 is 5.48 Å². The van der Waals surface area contributed by atoms with Crippen molar-refractivity contribution >= 4 is 5.91 Å². The molecule has 4 nitrogen and oxygen atoms in total. The molecule has 0 aliphatic carbocycles. The van der Waals surface area contributed by atoms with E-state index in [0.717, 1.165) is 0 Å². The lowest BCUT2D eigenvalue weighted by Gasteiger charge is -1.98. The Bertz CT molecular complexity index is 235. The lowest BCUT2D eigenvalue weighted by atomic mass is 10.3. The van der Waals surface area contributed by atoms with E-state index in [1.165, 1.54) is 7.11 Å². The van der Waals surface area contributed by atoms with Gasteiger partial charge >= 0.3 is 0 Å². The molecule has 0 atom stereocenters. The number of hydrogen-bond donors (Lipinski definition) is 1. The van der Waals surface area contributed by atoms with Crippen molar-refractivity contribution in [2.75, 3.05) is 7.11 Å². The minimum Gasteiger partial charge on any atom is -0.277 e. The molecular formula is C7H8N2O2. The largest absolute Gasteiger partial charge is 0.293 e. The first-order valence-electron chi connectivity index (χ1n) is 3.09. The van der Waals surface area contributed by atoms with E-state index in [0.29, 0.717) is 5.69 Å². The molecule has 1 amide bonds. The lowest BCUT2D eigenvalue weighted by Crippen LogP contribution is -2.22. The minimum absolute atomic E-state index is 0.340. The average molecular weight is 152 g/mol. The molecule has 1 rings (SSSR count). The molecule has 0 saturated carbocycles. The predicted molar refractivity (Wildman–Crippen MR) is 38.7 cm³/mol. The highest BCUT2D eigenvalue weighted by Gasteiger charge is 2.02. The summed E-state index contributed by atoms with van der Waals surface area (Å²) in [7, 11) is 1.38. The fourth-order valence-corrected chi connectivity index (χ4v) is 0.642. The maximum atomic E-state index is 10.9. The third-order valence-corrected chi connectivity index (χ3v) is 1.09. The summed E-state index contributed by atoms with van der Waals surface area (Å²) in [5.74, 6) is -0.340. The van der Waals surface area contributed by atoms with Gasteiger partial charge in [0.2, 0.25) is 0 Å². The molecule has 1 aromatic rings. The Morgan fingerprint density at radius 1 is 1.64 bits per heavy atom. The average Bonchev–Trinajstić information content (AvgIpc) is 2.07. The first kappa shape index (κ1) is 7.68. The number of hydroxylamine groups is 1. The fourth-order valence-electron chi connectivity index (χ4n) is 0.642. The number of nitrogens with one attached hydrogen (secondary N) is 1. The monoisotopic (exact) mass is 152 g/mol. The van der Waals surface area contributed by atoms with E-state index >= 15 is 0 Å². The number of aromatic nitrogens is 1. The molecule has 1 N–H and O–H groups in total. The van der Waals surface area contributed by atoms with Crippen LogP contribution in [-0.4, -0.2) is 18.0 Å².